The summed E-state index contributed by atoms with van der Waals surface area (Å²) < 4.78 is 39.5. The molecular weight excluding hydrogens is 231 g/mol. The molecule has 0 spiro atoms. The van der Waals surface area contributed by atoms with Gasteiger partial charge in [0.1, 0.15) is 5.82 Å². The Morgan fingerprint density at radius 3 is 2.71 bits per heavy atom. The minimum Gasteiger partial charge on any atom is -0.220 e. The SMILES string of the molecule is CCc1cn(-c2ccc(F)c(C(F)F)c2)nn1. The summed E-state index contributed by atoms with van der Waals surface area (Å²) in [5.74, 6) is -0.917. The van der Waals surface area contributed by atoms with Crippen molar-refractivity contribution in [2.75, 3.05) is 0 Å². The van der Waals surface area contributed by atoms with Gasteiger partial charge >= 0.3 is 0 Å². The number of alkyl halides is 2. The highest BCUT2D eigenvalue weighted by atomic mass is 19.3. The van der Waals surface area contributed by atoms with E-state index in [1.54, 1.807) is 6.20 Å². The molecule has 17 heavy (non-hydrogen) atoms. The Morgan fingerprint density at radius 2 is 2.12 bits per heavy atom. The van der Waals surface area contributed by atoms with E-state index in [-0.39, 0.29) is 0 Å². The van der Waals surface area contributed by atoms with E-state index in [2.05, 4.69) is 10.3 Å². The van der Waals surface area contributed by atoms with Gasteiger partial charge in [-0.05, 0) is 24.6 Å². The molecule has 3 nitrogen and oxygen atoms in total. The van der Waals surface area contributed by atoms with Crippen molar-refractivity contribution < 1.29 is 13.2 Å². The zero-order chi connectivity index (χ0) is 12.4. The fourth-order valence-electron chi connectivity index (χ4n) is 1.43. The maximum absolute atomic E-state index is 13.1. The second-order valence-electron chi connectivity index (χ2n) is 3.51. The Kier molecular flexibility index (Phi) is 3.12. The van der Waals surface area contributed by atoms with Crippen LogP contribution in [0.5, 0.6) is 0 Å². The largest absolute Gasteiger partial charge is 0.266 e. The van der Waals surface area contributed by atoms with Crippen LogP contribution >= 0.6 is 0 Å². The van der Waals surface area contributed by atoms with Crippen LogP contribution in [0.1, 0.15) is 24.6 Å². The minimum absolute atomic E-state index is 0.369. The standard InChI is InChI=1S/C11H10F3N3/c1-2-7-6-17(16-15-7)8-3-4-10(12)9(5-8)11(13)14/h3-6,11H,2H2,1H3. The molecule has 0 unspecified atom stereocenters. The summed E-state index contributed by atoms with van der Waals surface area (Å²) in [5, 5.41) is 7.63. The highest BCUT2D eigenvalue weighted by molar-refractivity contribution is 5.36. The van der Waals surface area contributed by atoms with Crippen molar-refractivity contribution in [2.45, 2.75) is 19.8 Å². The predicted molar refractivity (Wildman–Crippen MR) is 55.7 cm³/mol. The maximum atomic E-state index is 13.1. The third-order valence-corrected chi connectivity index (χ3v) is 2.38. The van der Waals surface area contributed by atoms with Crippen LogP contribution in [-0.4, -0.2) is 15.0 Å². The molecule has 0 amide bonds. The van der Waals surface area contributed by atoms with Crippen LogP contribution in [-0.2, 0) is 6.42 Å². The summed E-state index contributed by atoms with van der Waals surface area (Å²) in [6, 6.07) is 3.47. The van der Waals surface area contributed by atoms with Crippen LogP contribution in [0.4, 0.5) is 13.2 Å². The quantitative estimate of drug-likeness (QED) is 0.827. The Labute approximate surface area is 95.9 Å². The highest BCUT2D eigenvalue weighted by Crippen LogP contribution is 2.24. The summed E-state index contributed by atoms with van der Waals surface area (Å²) in [5.41, 5.74) is 0.484. The molecule has 90 valence electrons. The summed E-state index contributed by atoms with van der Waals surface area (Å²) in [4.78, 5) is 0. The Bertz CT molecular complexity index is 522. The zero-order valence-corrected chi connectivity index (χ0v) is 9.07. The van der Waals surface area contributed by atoms with Gasteiger partial charge in [-0.2, -0.15) is 0 Å². The molecule has 0 atom stereocenters. The van der Waals surface area contributed by atoms with Gasteiger partial charge in [0.25, 0.3) is 6.43 Å². The first-order valence-electron chi connectivity index (χ1n) is 5.11. The van der Waals surface area contributed by atoms with Gasteiger partial charge in [0.15, 0.2) is 0 Å². The normalized spacial score (nSPS) is 11.1. The Morgan fingerprint density at radius 1 is 1.35 bits per heavy atom. The molecule has 0 fully saturated rings. The smallest absolute Gasteiger partial charge is 0.220 e. The molecule has 1 heterocycles. The van der Waals surface area contributed by atoms with Crippen LogP contribution in [0.3, 0.4) is 0 Å². The summed E-state index contributed by atoms with van der Waals surface area (Å²) in [7, 11) is 0. The van der Waals surface area contributed by atoms with E-state index in [1.165, 1.54) is 10.7 Å². The Balaban J connectivity index is 2.42. The molecule has 0 radical (unpaired) electrons. The molecule has 2 rings (SSSR count). The molecule has 0 saturated heterocycles. The first-order valence-corrected chi connectivity index (χ1v) is 5.11. The van der Waals surface area contributed by atoms with E-state index in [1.807, 2.05) is 6.92 Å². The highest BCUT2D eigenvalue weighted by Gasteiger charge is 2.14. The lowest BCUT2D eigenvalue weighted by molar-refractivity contribution is 0.146. The van der Waals surface area contributed by atoms with Crippen molar-refractivity contribution in [3.8, 4) is 5.69 Å². The maximum Gasteiger partial charge on any atom is 0.266 e. The van der Waals surface area contributed by atoms with Crippen molar-refractivity contribution in [1.29, 1.82) is 0 Å². The zero-order valence-electron chi connectivity index (χ0n) is 9.07. The number of hydrogen-bond acceptors (Lipinski definition) is 2. The molecule has 0 aliphatic rings. The lowest BCUT2D eigenvalue weighted by Gasteiger charge is -2.05. The molecular formula is C11H10F3N3. The number of rotatable bonds is 3. The van der Waals surface area contributed by atoms with E-state index in [0.717, 1.165) is 17.8 Å². The number of halogens is 3. The van der Waals surface area contributed by atoms with Gasteiger partial charge in [0.2, 0.25) is 0 Å². The van der Waals surface area contributed by atoms with E-state index in [0.29, 0.717) is 12.1 Å². The van der Waals surface area contributed by atoms with Gasteiger partial charge in [-0.25, -0.2) is 17.9 Å². The van der Waals surface area contributed by atoms with Crippen LogP contribution in [0.2, 0.25) is 0 Å². The molecule has 0 bridgehead atoms. The predicted octanol–water partition coefficient (Wildman–Crippen LogP) is 2.91. The molecule has 1 aromatic carbocycles. The van der Waals surface area contributed by atoms with E-state index in [4.69, 9.17) is 0 Å². The fraction of sp³-hybridized carbons (Fsp3) is 0.273. The van der Waals surface area contributed by atoms with Crippen LogP contribution < -0.4 is 0 Å². The second kappa shape index (κ2) is 4.57. The molecule has 0 aliphatic heterocycles. The first-order chi connectivity index (χ1) is 8.11. The van der Waals surface area contributed by atoms with Crippen LogP contribution in [0, 0.1) is 5.82 Å². The molecule has 6 heteroatoms. The van der Waals surface area contributed by atoms with E-state index >= 15 is 0 Å². The van der Waals surface area contributed by atoms with Gasteiger partial charge in [-0.15, -0.1) is 5.10 Å². The lowest BCUT2D eigenvalue weighted by Crippen LogP contribution is -1.98. The van der Waals surface area contributed by atoms with E-state index < -0.39 is 17.8 Å². The molecule has 1 aromatic heterocycles. The van der Waals surface area contributed by atoms with Gasteiger partial charge < -0.3 is 0 Å². The van der Waals surface area contributed by atoms with Crippen LogP contribution in [0.25, 0.3) is 5.69 Å². The van der Waals surface area contributed by atoms with E-state index in [9.17, 15) is 13.2 Å². The van der Waals surface area contributed by atoms with Crippen LogP contribution in [0.15, 0.2) is 24.4 Å². The van der Waals surface area contributed by atoms with Crippen molar-refractivity contribution in [3.05, 3.63) is 41.5 Å². The monoisotopic (exact) mass is 241 g/mol. The Hall–Kier alpha value is -1.85. The molecule has 0 aliphatic carbocycles. The summed E-state index contributed by atoms with van der Waals surface area (Å²) >= 11 is 0. The fourth-order valence-corrected chi connectivity index (χ4v) is 1.43. The topological polar surface area (TPSA) is 30.7 Å². The number of hydrogen-bond donors (Lipinski definition) is 0. The van der Waals surface area contributed by atoms with Crippen molar-refractivity contribution in [2.24, 2.45) is 0 Å². The van der Waals surface area contributed by atoms with Gasteiger partial charge in [0.05, 0.1) is 23.1 Å². The van der Waals surface area contributed by atoms with Crippen molar-refractivity contribution >= 4 is 0 Å². The lowest BCUT2D eigenvalue weighted by atomic mass is 10.2. The minimum atomic E-state index is -2.84. The van der Waals surface area contributed by atoms with Crippen molar-refractivity contribution in [3.63, 3.8) is 0 Å². The average molecular weight is 241 g/mol. The summed E-state index contributed by atoms with van der Waals surface area (Å²) in [6.45, 7) is 1.91. The molecule has 0 N–H and O–H groups in total. The number of aryl methyl sites for hydroxylation is 1. The third kappa shape index (κ3) is 2.30. The molecule has 0 saturated carbocycles. The van der Waals surface area contributed by atoms with Gasteiger partial charge in [-0.3, -0.25) is 0 Å². The second-order valence-corrected chi connectivity index (χ2v) is 3.51. The first kappa shape index (κ1) is 11.6. The van der Waals surface area contributed by atoms with Gasteiger partial charge in [0, 0.05) is 0 Å². The average Bonchev–Trinajstić information content (AvgIpc) is 2.78. The van der Waals surface area contributed by atoms with Crippen molar-refractivity contribution in [1.82, 2.24) is 15.0 Å². The number of aromatic nitrogens is 3. The number of benzene rings is 1. The third-order valence-electron chi connectivity index (χ3n) is 2.38. The molecule has 2 aromatic rings. The summed E-state index contributed by atoms with van der Waals surface area (Å²) in [6.07, 6.45) is -0.519. The number of nitrogens with zero attached hydrogens (tertiary/aromatic N) is 3. The van der Waals surface area contributed by atoms with Gasteiger partial charge in [-0.1, -0.05) is 12.1 Å².